The number of hydrogen-bond donors (Lipinski definition) is 3. The fraction of sp³-hybridized carbons (Fsp3) is 0.250. The van der Waals surface area contributed by atoms with E-state index in [4.69, 9.17) is 5.73 Å². The zero-order valence-corrected chi connectivity index (χ0v) is 22.9. The van der Waals surface area contributed by atoms with Gasteiger partial charge >= 0.3 is 0 Å². The van der Waals surface area contributed by atoms with Gasteiger partial charge in [-0.1, -0.05) is 42.8 Å². The summed E-state index contributed by atoms with van der Waals surface area (Å²) in [5, 5.41) is 13.9. The van der Waals surface area contributed by atoms with Crippen LogP contribution in [-0.4, -0.2) is 33.5 Å². The second-order valence-electron chi connectivity index (χ2n) is 10.1. The summed E-state index contributed by atoms with van der Waals surface area (Å²) in [6.07, 6.45) is 6.80. The predicted molar refractivity (Wildman–Crippen MR) is 154 cm³/mol. The van der Waals surface area contributed by atoms with Crippen LogP contribution in [0.2, 0.25) is 0 Å². The molecule has 2 aromatic heterocycles. The number of nitrogens with zero attached hydrogens (tertiary/aromatic N) is 2. The van der Waals surface area contributed by atoms with E-state index < -0.39 is 36.5 Å². The number of alkyl halides is 1. The number of amides is 1. The first kappa shape index (κ1) is 29.8. The molecular formula is C32H33F3N4O2. The number of aromatic nitrogens is 2. The van der Waals surface area contributed by atoms with E-state index in [1.807, 2.05) is 42.0 Å². The highest BCUT2D eigenvalue weighted by Crippen LogP contribution is 2.29. The second-order valence-corrected chi connectivity index (χ2v) is 10.1. The Morgan fingerprint density at radius 1 is 1.15 bits per heavy atom. The first-order chi connectivity index (χ1) is 19.6. The van der Waals surface area contributed by atoms with E-state index in [1.54, 1.807) is 37.4 Å². The number of fused-ring (bicyclic) bond motifs is 1. The summed E-state index contributed by atoms with van der Waals surface area (Å²) in [6.45, 7) is 2.99. The first-order valence-corrected chi connectivity index (χ1v) is 13.3. The van der Waals surface area contributed by atoms with Crippen molar-refractivity contribution in [1.82, 2.24) is 14.9 Å². The van der Waals surface area contributed by atoms with E-state index in [1.165, 1.54) is 18.2 Å². The molecule has 2 heterocycles. The van der Waals surface area contributed by atoms with Crippen molar-refractivity contribution in [3.63, 3.8) is 0 Å². The van der Waals surface area contributed by atoms with E-state index in [2.05, 4.69) is 10.3 Å². The van der Waals surface area contributed by atoms with Gasteiger partial charge in [0, 0.05) is 35.5 Å². The van der Waals surface area contributed by atoms with Crippen molar-refractivity contribution in [1.29, 1.82) is 0 Å². The van der Waals surface area contributed by atoms with Crippen molar-refractivity contribution in [2.75, 3.05) is 6.67 Å². The molecule has 0 fully saturated rings. The predicted octanol–water partition coefficient (Wildman–Crippen LogP) is 5.55. The zero-order chi connectivity index (χ0) is 29.5. The third kappa shape index (κ3) is 7.71. The Hall–Kier alpha value is -4.21. The lowest BCUT2D eigenvalue weighted by atomic mass is 9.93. The van der Waals surface area contributed by atoms with E-state index in [9.17, 15) is 23.1 Å². The van der Waals surface area contributed by atoms with Crippen LogP contribution in [-0.2, 0) is 17.8 Å². The van der Waals surface area contributed by atoms with Crippen LogP contribution in [0.1, 0.15) is 35.3 Å². The Balaban J connectivity index is 1.74. The molecule has 3 atom stereocenters. The lowest BCUT2D eigenvalue weighted by Gasteiger charge is -2.23. The van der Waals surface area contributed by atoms with Crippen molar-refractivity contribution in [3.05, 3.63) is 119 Å². The molecule has 1 amide bonds. The minimum atomic E-state index is -1.16. The summed E-state index contributed by atoms with van der Waals surface area (Å²) in [5.41, 5.74) is 9.47. The van der Waals surface area contributed by atoms with Gasteiger partial charge in [-0.15, -0.1) is 0 Å². The number of nitrogens with two attached hydrogens (primary N) is 1. The van der Waals surface area contributed by atoms with Gasteiger partial charge in [-0.25, -0.2) is 13.2 Å². The lowest BCUT2D eigenvalue weighted by molar-refractivity contribution is -0.122. The number of nitrogens with one attached hydrogen (secondary N) is 1. The molecule has 41 heavy (non-hydrogen) atoms. The topological polar surface area (TPSA) is 93.2 Å². The molecular weight excluding hydrogens is 529 g/mol. The average Bonchev–Trinajstić information content (AvgIpc) is 3.31. The largest absolute Gasteiger partial charge is 0.378 e. The van der Waals surface area contributed by atoms with Crippen molar-refractivity contribution in [2.24, 2.45) is 11.7 Å². The summed E-state index contributed by atoms with van der Waals surface area (Å²) >= 11 is 0. The number of carbonyl (C=O) groups is 1. The van der Waals surface area contributed by atoms with Gasteiger partial charge in [0.2, 0.25) is 5.91 Å². The average molecular weight is 563 g/mol. The molecule has 4 aromatic rings. The minimum Gasteiger partial charge on any atom is -0.378 e. The maximum absolute atomic E-state index is 14.1. The maximum atomic E-state index is 14.1. The Morgan fingerprint density at radius 2 is 1.90 bits per heavy atom. The quantitative estimate of drug-likeness (QED) is 0.165. The molecule has 2 aromatic carbocycles. The van der Waals surface area contributed by atoms with Gasteiger partial charge < -0.3 is 20.7 Å². The van der Waals surface area contributed by atoms with Crippen LogP contribution in [0.3, 0.4) is 0 Å². The molecule has 6 nitrogen and oxygen atoms in total. The van der Waals surface area contributed by atoms with Crippen molar-refractivity contribution in [2.45, 2.75) is 39.1 Å². The summed E-state index contributed by atoms with van der Waals surface area (Å²) in [5.74, 6) is -2.30. The van der Waals surface area contributed by atoms with Crippen LogP contribution in [0, 0.1) is 24.5 Å². The van der Waals surface area contributed by atoms with E-state index >= 15 is 0 Å². The van der Waals surface area contributed by atoms with Crippen LogP contribution in [0.5, 0.6) is 0 Å². The smallest absolute Gasteiger partial charge is 0.240 e. The number of carbonyl (C=O) groups excluding carboxylic acids is 1. The molecule has 0 bridgehead atoms. The third-order valence-electron chi connectivity index (χ3n) is 6.79. The zero-order valence-electron chi connectivity index (χ0n) is 22.9. The molecule has 0 aliphatic rings. The Morgan fingerprint density at radius 3 is 2.61 bits per heavy atom. The molecule has 4 rings (SSSR count). The SMILES string of the molecule is Cc1ccc2c(ccn2CC(=O)N[C@@H](Cc2cc(F)cc(F)c2)c2ncccc2C(/C=C\CF)=C/C(C)C(N)O)c1. The third-order valence-corrected chi connectivity index (χ3v) is 6.79. The number of pyridine rings is 1. The number of aryl methyl sites for hydroxylation is 1. The number of allylic oxidation sites excluding steroid dienone is 3. The number of halogens is 3. The Labute approximate surface area is 237 Å². The molecule has 9 heteroatoms. The van der Waals surface area contributed by atoms with Crippen LogP contribution in [0.25, 0.3) is 16.5 Å². The molecule has 0 saturated carbocycles. The van der Waals surface area contributed by atoms with Crippen LogP contribution in [0.4, 0.5) is 13.2 Å². The molecule has 0 aliphatic carbocycles. The number of aliphatic hydroxyl groups is 1. The fourth-order valence-corrected chi connectivity index (χ4v) is 4.76. The van der Waals surface area contributed by atoms with Crippen LogP contribution < -0.4 is 11.1 Å². The summed E-state index contributed by atoms with van der Waals surface area (Å²) < 4.78 is 43.2. The molecule has 0 saturated heterocycles. The number of rotatable bonds is 11. The summed E-state index contributed by atoms with van der Waals surface area (Å²) in [7, 11) is 0. The Kier molecular flexibility index (Phi) is 9.75. The molecule has 0 spiro atoms. The molecule has 2 unspecified atom stereocenters. The van der Waals surface area contributed by atoms with Gasteiger partial charge in [-0.2, -0.15) is 0 Å². The highest BCUT2D eigenvalue weighted by atomic mass is 19.1. The van der Waals surface area contributed by atoms with Gasteiger partial charge in [0.15, 0.2) is 0 Å². The molecule has 0 radical (unpaired) electrons. The van der Waals surface area contributed by atoms with Crippen molar-refractivity contribution in [3.8, 4) is 0 Å². The lowest BCUT2D eigenvalue weighted by Crippen LogP contribution is -2.33. The van der Waals surface area contributed by atoms with Gasteiger partial charge in [-0.05, 0) is 66.3 Å². The standard InChI is InChI=1S/C32H33F3N4O2/c1-20-7-8-29-24(13-20)9-12-39(29)19-30(40)38-28(17-22-15-25(34)18-26(35)16-22)31-27(6-4-11-37-31)23(5-3-10-33)14-21(2)32(36)41/h3-9,11-16,18,21,28,32,41H,10,17,19,36H2,1-2H3,(H,38,40)/b5-3-,23-14+/t21?,28-,32?/m0/s1. The first-order valence-electron chi connectivity index (χ1n) is 13.3. The maximum Gasteiger partial charge on any atom is 0.240 e. The van der Waals surface area contributed by atoms with Crippen LogP contribution in [0.15, 0.2) is 85.2 Å². The van der Waals surface area contributed by atoms with Crippen molar-refractivity contribution < 1.29 is 23.1 Å². The monoisotopic (exact) mass is 562 g/mol. The number of benzene rings is 2. The summed E-state index contributed by atoms with van der Waals surface area (Å²) in [4.78, 5) is 18.0. The van der Waals surface area contributed by atoms with E-state index in [0.717, 1.165) is 22.5 Å². The molecule has 4 N–H and O–H groups in total. The minimum absolute atomic E-state index is 0.00356. The van der Waals surface area contributed by atoms with Crippen LogP contribution >= 0.6 is 0 Å². The Bertz CT molecular complexity index is 1560. The molecule has 214 valence electrons. The van der Waals surface area contributed by atoms with E-state index in [-0.39, 0.29) is 18.9 Å². The normalized spacial score (nSPS) is 14.4. The highest BCUT2D eigenvalue weighted by molar-refractivity contribution is 5.84. The van der Waals surface area contributed by atoms with E-state index in [0.29, 0.717) is 22.4 Å². The van der Waals surface area contributed by atoms with Crippen molar-refractivity contribution >= 4 is 22.4 Å². The fourth-order valence-electron chi connectivity index (χ4n) is 4.76. The summed E-state index contributed by atoms with van der Waals surface area (Å²) in [6, 6.07) is 13.7. The highest BCUT2D eigenvalue weighted by Gasteiger charge is 2.23. The van der Waals surface area contributed by atoms with Gasteiger partial charge in [0.05, 0.1) is 11.7 Å². The van der Waals surface area contributed by atoms with Gasteiger partial charge in [0.25, 0.3) is 0 Å². The number of hydrogen-bond acceptors (Lipinski definition) is 4. The molecule has 0 aliphatic heterocycles. The van der Waals surface area contributed by atoms with Gasteiger partial charge in [0.1, 0.15) is 31.1 Å². The second kappa shape index (κ2) is 13.4. The number of aliphatic hydroxyl groups excluding tert-OH is 1. The van der Waals surface area contributed by atoms with Gasteiger partial charge in [-0.3, -0.25) is 9.78 Å².